The first-order valence-corrected chi connectivity index (χ1v) is 7.18. The molecule has 0 saturated heterocycles. The molecule has 4 nitrogen and oxygen atoms in total. The Labute approximate surface area is 133 Å². The van der Waals surface area contributed by atoms with Gasteiger partial charge in [0, 0.05) is 12.4 Å². The van der Waals surface area contributed by atoms with Gasteiger partial charge in [-0.25, -0.2) is 9.97 Å². The van der Waals surface area contributed by atoms with Crippen LogP contribution < -0.4 is 5.73 Å². The number of fused-ring (bicyclic) bond motifs is 2. The molecule has 3 aromatic carbocycles. The topological polar surface area (TPSA) is 68.9 Å². The van der Waals surface area contributed by atoms with Crippen LogP contribution in [0.4, 0.5) is 0 Å². The van der Waals surface area contributed by atoms with Gasteiger partial charge in [-0.3, -0.25) is 4.79 Å². The molecule has 4 heteroatoms. The summed E-state index contributed by atoms with van der Waals surface area (Å²) < 4.78 is 0. The number of benzene rings is 3. The Hall–Kier alpha value is -3.27. The first-order valence-electron chi connectivity index (χ1n) is 7.18. The standard InChI is InChI=1S/C14H10.C5H5N3O/c1-2-6-12-10-14-8-4-3-7-13(14)9-11(12)5-1;6-4(9)5-7-2-1-3-8-5/h1-10H;1-3H,(H2,6,9). The molecule has 0 aliphatic heterocycles. The quantitative estimate of drug-likeness (QED) is 0.546. The molecule has 23 heavy (non-hydrogen) atoms. The Morgan fingerprint density at radius 1 is 0.696 bits per heavy atom. The van der Waals surface area contributed by atoms with Gasteiger partial charge in [0.1, 0.15) is 0 Å². The molecule has 0 bridgehead atoms. The van der Waals surface area contributed by atoms with E-state index in [0.29, 0.717) is 0 Å². The SMILES string of the molecule is NC(=O)c1ncccn1.c1ccc2cc3ccccc3cc2c1. The molecule has 0 atom stereocenters. The van der Waals surface area contributed by atoms with E-state index in [2.05, 4.69) is 70.6 Å². The van der Waals surface area contributed by atoms with Gasteiger partial charge < -0.3 is 5.73 Å². The number of nitrogens with two attached hydrogens (primary N) is 1. The molecular weight excluding hydrogens is 286 g/mol. The third kappa shape index (κ3) is 3.49. The molecule has 1 aromatic heterocycles. The van der Waals surface area contributed by atoms with Gasteiger partial charge in [-0.2, -0.15) is 0 Å². The van der Waals surface area contributed by atoms with Crippen LogP contribution in [0.25, 0.3) is 21.5 Å². The van der Waals surface area contributed by atoms with Crippen LogP contribution in [-0.4, -0.2) is 15.9 Å². The summed E-state index contributed by atoms with van der Waals surface area (Å²) in [4.78, 5) is 17.5. The Bertz CT molecular complexity index is 847. The van der Waals surface area contributed by atoms with Crippen molar-refractivity contribution in [3.63, 3.8) is 0 Å². The van der Waals surface area contributed by atoms with Gasteiger partial charge in [0.05, 0.1) is 0 Å². The largest absolute Gasteiger partial charge is 0.363 e. The Morgan fingerprint density at radius 3 is 1.39 bits per heavy atom. The lowest BCUT2D eigenvalue weighted by atomic mass is 10.0. The number of hydrogen-bond acceptors (Lipinski definition) is 3. The Kier molecular flexibility index (Phi) is 4.25. The number of carbonyl (C=O) groups is 1. The highest BCUT2D eigenvalue weighted by Crippen LogP contribution is 2.21. The highest BCUT2D eigenvalue weighted by molar-refractivity contribution is 5.98. The van der Waals surface area contributed by atoms with E-state index in [-0.39, 0.29) is 5.82 Å². The minimum Gasteiger partial charge on any atom is -0.363 e. The maximum atomic E-state index is 10.3. The van der Waals surface area contributed by atoms with E-state index >= 15 is 0 Å². The molecule has 2 N–H and O–H groups in total. The summed E-state index contributed by atoms with van der Waals surface area (Å²) in [6.45, 7) is 0. The maximum absolute atomic E-state index is 10.3. The first kappa shape index (κ1) is 14.7. The molecule has 112 valence electrons. The number of amides is 1. The van der Waals surface area contributed by atoms with E-state index in [4.69, 9.17) is 5.73 Å². The summed E-state index contributed by atoms with van der Waals surface area (Å²) >= 11 is 0. The van der Waals surface area contributed by atoms with Crippen LogP contribution in [0.1, 0.15) is 10.6 Å². The van der Waals surface area contributed by atoms with Crippen molar-refractivity contribution in [2.24, 2.45) is 5.73 Å². The van der Waals surface area contributed by atoms with E-state index in [0.717, 1.165) is 0 Å². The molecule has 0 radical (unpaired) electrons. The summed E-state index contributed by atoms with van der Waals surface area (Å²) in [5.41, 5.74) is 4.85. The van der Waals surface area contributed by atoms with Crippen molar-refractivity contribution in [2.75, 3.05) is 0 Å². The minimum atomic E-state index is -0.601. The molecule has 0 spiro atoms. The lowest BCUT2D eigenvalue weighted by Gasteiger charge is -2.00. The molecule has 0 aliphatic rings. The number of nitrogens with zero attached hydrogens (tertiary/aromatic N) is 2. The van der Waals surface area contributed by atoms with Gasteiger partial charge in [-0.1, -0.05) is 48.5 Å². The van der Waals surface area contributed by atoms with Gasteiger partial charge in [-0.05, 0) is 39.7 Å². The van der Waals surface area contributed by atoms with Crippen molar-refractivity contribution < 1.29 is 4.79 Å². The van der Waals surface area contributed by atoms with E-state index in [1.165, 1.54) is 33.9 Å². The predicted octanol–water partition coefficient (Wildman–Crippen LogP) is 3.57. The molecule has 0 aliphatic carbocycles. The maximum Gasteiger partial charge on any atom is 0.286 e. The average molecular weight is 301 g/mol. The number of hydrogen-bond donors (Lipinski definition) is 1. The zero-order valence-corrected chi connectivity index (χ0v) is 12.4. The van der Waals surface area contributed by atoms with Crippen LogP contribution in [0.5, 0.6) is 0 Å². The van der Waals surface area contributed by atoms with Crippen LogP contribution in [0.2, 0.25) is 0 Å². The number of carbonyl (C=O) groups excluding carboxylic acids is 1. The molecule has 1 amide bonds. The van der Waals surface area contributed by atoms with E-state index in [1.54, 1.807) is 6.07 Å². The van der Waals surface area contributed by atoms with E-state index < -0.39 is 5.91 Å². The minimum absolute atomic E-state index is 0.0532. The zero-order chi connectivity index (χ0) is 16.1. The number of primary amides is 1. The van der Waals surface area contributed by atoms with Crippen LogP contribution in [0, 0.1) is 0 Å². The highest BCUT2D eigenvalue weighted by atomic mass is 16.1. The van der Waals surface area contributed by atoms with Crippen LogP contribution >= 0.6 is 0 Å². The lowest BCUT2D eigenvalue weighted by Crippen LogP contribution is -2.14. The van der Waals surface area contributed by atoms with Gasteiger partial charge in [0.25, 0.3) is 5.91 Å². The van der Waals surface area contributed by atoms with Gasteiger partial charge in [0.15, 0.2) is 0 Å². The third-order valence-corrected chi connectivity index (χ3v) is 3.40. The van der Waals surface area contributed by atoms with Crippen LogP contribution in [-0.2, 0) is 0 Å². The summed E-state index contributed by atoms with van der Waals surface area (Å²) in [5.74, 6) is -0.548. The smallest absolute Gasteiger partial charge is 0.286 e. The molecule has 4 rings (SSSR count). The van der Waals surface area contributed by atoms with Crippen molar-refractivity contribution in [3.8, 4) is 0 Å². The number of rotatable bonds is 1. The molecule has 0 saturated carbocycles. The lowest BCUT2D eigenvalue weighted by molar-refractivity contribution is 0.0990. The van der Waals surface area contributed by atoms with Crippen molar-refractivity contribution >= 4 is 27.5 Å². The van der Waals surface area contributed by atoms with Gasteiger partial charge in [-0.15, -0.1) is 0 Å². The summed E-state index contributed by atoms with van der Waals surface area (Å²) in [5, 5.41) is 5.25. The fraction of sp³-hybridized carbons (Fsp3) is 0. The molecule has 0 unspecified atom stereocenters. The summed E-state index contributed by atoms with van der Waals surface area (Å²) in [7, 11) is 0. The fourth-order valence-corrected chi connectivity index (χ4v) is 2.31. The second-order valence-electron chi connectivity index (χ2n) is 4.98. The Morgan fingerprint density at radius 2 is 1.09 bits per heavy atom. The van der Waals surface area contributed by atoms with Crippen molar-refractivity contribution in [1.82, 2.24) is 9.97 Å². The van der Waals surface area contributed by atoms with E-state index in [1.807, 2.05) is 0 Å². The second kappa shape index (κ2) is 6.66. The third-order valence-electron chi connectivity index (χ3n) is 3.40. The van der Waals surface area contributed by atoms with E-state index in [9.17, 15) is 4.79 Å². The second-order valence-corrected chi connectivity index (χ2v) is 4.98. The van der Waals surface area contributed by atoms with Gasteiger partial charge >= 0.3 is 0 Å². The normalized spacial score (nSPS) is 10.1. The summed E-state index contributed by atoms with van der Waals surface area (Å²) in [6, 6.07) is 23.0. The fourth-order valence-electron chi connectivity index (χ4n) is 2.31. The monoisotopic (exact) mass is 301 g/mol. The molecular formula is C19H15N3O. The molecule has 1 heterocycles. The first-order chi connectivity index (χ1) is 11.2. The highest BCUT2D eigenvalue weighted by Gasteiger charge is 1.98. The average Bonchev–Trinajstić information content (AvgIpc) is 2.61. The molecule has 0 fully saturated rings. The molecule has 4 aromatic rings. The number of aromatic nitrogens is 2. The predicted molar refractivity (Wildman–Crippen MR) is 92.0 cm³/mol. The van der Waals surface area contributed by atoms with Crippen LogP contribution in [0.15, 0.2) is 79.1 Å². The summed E-state index contributed by atoms with van der Waals surface area (Å²) in [6.07, 6.45) is 2.93. The van der Waals surface area contributed by atoms with Crippen molar-refractivity contribution in [3.05, 3.63) is 84.9 Å². The van der Waals surface area contributed by atoms with Gasteiger partial charge in [0.2, 0.25) is 5.82 Å². The van der Waals surface area contributed by atoms with Crippen molar-refractivity contribution in [1.29, 1.82) is 0 Å². The van der Waals surface area contributed by atoms with Crippen LogP contribution in [0.3, 0.4) is 0 Å². The van der Waals surface area contributed by atoms with Crippen molar-refractivity contribution in [2.45, 2.75) is 0 Å². The zero-order valence-electron chi connectivity index (χ0n) is 12.4. The Balaban J connectivity index is 0.000000151.